The lowest BCUT2D eigenvalue weighted by Crippen LogP contribution is -2.39. The smallest absolute Gasteiger partial charge is 0.121 e. The van der Waals surface area contributed by atoms with Gasteiger partial charge in [-0.25, -0.2) is 0 Å². The Hall–Kier alpha value is -1.22. The van der Waals surface area contributed by atoms with Crippen molar-refractivity contribution in [2.24, 2.45) is 5.73 Å². The third kappa shape index (κ3) is 4.13. The van der Waals surface area contributed by atoms with E-state index in [4.69, 9.17) is 10.5 Å². The summed E-state index contributed by atoms with van der Waals surface area (Å²) >= 11 is 0. The van der Waals surface area contributed by atoms with E-state index in [-0.39, 0.29) is 12.1 Å². The van der Waals surface area contributed by atoms with E-state index < -0.39 is 0 Å². The van der Waals surface area contributed by atoms with Crippen molar-refractivity contribution in [3.63, 3.8) is 0 Å². The summed E-state index contributed by atoms with van der Waals surface area (Å²) in [5.74, 6) is 0.937. The lowest BCUT2D eigenvalue weighted by Gasteiger charge is -2.27. The molecule has 2 unspecified atom stereocenters. The second-order valence-electron chi connectivity index (χ2n) is 5.70. The molecule has 0 radical (unpaired) electrons. The van der Waals surface area contributed by atoms with Crippen LogP contribution in [0.2, 0.25) is 0 Å². The van der Waals surface area contributed by atoms with Gasteiger partial charge in [-0.2, -0.15) is 0 Å². The van der Waals surface area contributed by atoms with Crippen LogP contribution in [0.4, 0.5) is 5.69 Å². The van der Waals surface area contributed by atoms with E-state index in [1.165, 1.54) is 25.7 Å². The zero-order valence-corrected chi connectivity index (χ0v) is 12.1. The lowest BCUT2D eigenvalue weighted by molar-refractivity contribution is 0.145. The molecule has 1 saturated carbocycles. The summed E-state index contributed by atoms with van der Waals surface area (Å²) in [5, 5.41) is 0. The minimum Gasteiger partial charge on any atom is -0.489 e. The minimum absolute atomic E-state index is 0.165. The normalized spacial score (nSPS) is 24.4. The molecule has 1 aliphatic carbocycles. The second-order valence-corrected chi connectivity index (χ2v) is 5.70. The third-order valence-electron chi connectivity index (χ3n) is 3.88. The van der Waals surface area contributed by atoms with Crippen molar-refractivity contribution in [3.05, 3.63) is 24.3 Å². The van der Waals surface area contributed by atoms with Crippen LogP contribution in [-0.4, -0.2) is 26.2 Å². The molecule has 19 heavy (non-hydrogen) atoms. The summed E-state index contributed by atoms with van der Waals surface area (Å²) in [4.78, 5) is 2.09. The fourth-order valence-corrected chi connectivity index (χ4v) is 2.64. The Labute approximate surface area is 116 Å². The number of rotatable bonds is 3. The van der Waals surface area contributed by atoms with Crippen LogP contribution < -0.4 is 15.4 Å². The molecule has 2 rings (SSSR count). The molecule has 0 spiro atoms. The maximum absolute atomic E-state index is 6.26. The molecule has 0 amide bonds. The predicted octanol–water partition coefficient (Wildman–Crippen LogP) is 3.18. The summed E-state index contributed by atoms with van der Waals surface area (Å²) in [6.45, 7) is 0. The fourth-order valence-electron chi connectivity index (χ4n) is 2.64. The van der Waals surface area contributed by atoms with Gasteiger partial charge in [-0.05, 0) is 31.4 Å². The highest BCUT2D eigenvalue weighted by molar-refractivity contribution is 5.49. The van der Waals surface area contributed by atoms with Gasteiger partial charge in [0.2, 0.25) is 0 Å². The zero-order valence-electron chi connectivity index (χ0n) is 12.1. The van der Waals surface area contributed by atoms with Gasteiger partial charge in [-0.15, -0.1) is 0 Å². The quantitative estimate of drug-likeness (QED) is 0.909. The average molecular weight is 262 g/mol. The highest BCUT2D eigenvalue weighted by atomic mass is 16.5. The molecule has 3 nitrogen and oxygen atoms in total. The van der Waals surface area contributed by atoms with Crippen LogP contribution in [0.3, 0.4) is 0 Å². The molecule has 106 valence electrons. The molecule has 0 bridgehead atoms. The van der Waals surface area contributed by atoms with Gasteiger partial charge in [0.25, 0.3) is 0 Å². The number of anilines is 1. The van der Waals surface area contributed by atoms with E-state index in [9.17, 15) is 0 Å². The first-order valence-electron chi connectivity index (χ1n) is 7.36. The van der Waals surface area contributed by atoms with Gasteiger partial charge in [-0.3, -0.25) is 0 Å². The van der Waals surface area contributed by atoms with Crippen molar-refractivity contribution in [1.29, 1.82) is 0 Å². The first-order valence-corrected chi connectivity index (χ1v) is 7.36. The predicted molar refractivity (Wildman–Crippen MR) is 80.9 cm³/mol. The Bertz CT molecular complexity index is 392. The second kappa shape index (κ2) is 6.80. The summed E-state index contributed by atoms with van der Waals surface area (Å²) in [6.07, 6.45) is 7.41. The molecule has 2 N–H and O–H groups in total. The Morgan fingerprint density at radius 1 is 1.11 bits per heavy atom. The number of hydrogen-bond acceptors (Lipinski definition) is 3. The van der Waals surface area contributed by atoms with Gasteiger partial charge >= 0.3 is 0 Å². The number of hydrogen-bond donors (Lipinski definition) is 1. The lowest BCUT2D eigenvalue weighted by atomic mass is 9.95. The van der Waals surface area contributed by atoms with Crippen molar-refractivity contribution in [2.45, 2.75) is 50.7 Å². The molecule has 1 fully saturated rings. The number of nitrogens with zero attached hydrogens (tertiary/aromatic N) is 1. The fraction of sp³-hybridized carbons (Fsp3) is 0.625. The van der Waals surface area contributed by atoms with Gasteiger partial charge < -0.3 is 15.4 Å². The van der Waals surface area contributed by atoms with Crippen LogP contribution in [0.15, 0.2) is 24.3 Å². The number of nitrogens with two attached hydrogens (primary N) is 1. The van der Waals surface area contributed by atoms with Crippen molar-refractivity contribution in [2.75, 3.05) is 19.0 Å². The Morgan fingerprint density at radius 2 is 1.84 bits per heavy atom. The molecule has 0 saturated heterocycles. The molecule has 2 atom stereocenters. The Kier molecular flexibility index (Phi) is 5.08. The standard InChI is InChI=1S/C16H26N2O/c1-18(2)13-8-7-9-14(12-13)19-16-11-6-4-3-5-10-15(16)17/h7-9,12,15-16H,3-6,10-11,17H2,1-2H3. The highest BCUT2D eigenvalue weighted by Gasteiger charge is 2.21. The van der Waals surface area contributed by atoms with Gasteiger partial charge in [-0.1, -0.05) is 25.3 Å². The molecule has 0 aliphatic heterocycles. The Balaban J connectivity index is 2.03. The van der Waals surface area contributed by atoms with E-state index in [1.807, 2.05) is 26.2 Å². The van der Waals surface area contributed by atoms with Gasteiger partial charge in [0.15, 0.2) is 0 Å². The van der Waals surface area contributed by atoms with E-state index in [2.05, 4.69) is 17.0 Å². The first-order chi connectivity index (χ1) is 9.16. The first kappa shape index (κ1) is 14.2. The summed E-state index contributed by atoms with van der Waals surface area (Å²) < 4.78 is 6.14. The molecular formula is C16H26N2O. The van der Waals surface area contributed by atoms with Gasteiger partial charge in [0, 0.05) is 31.9 Å². The molecule has 1 aromatic rings. The average Bonchev–Trinajstić information content (AvgIpc) is 2.39. The van der Waals surface area contributed by atoms with E-state index in [0.717, 1.165) is 24.3 Å². The zero-order chi connectivity index (χ0) is 13.7. The van der Waals surface area contributed by atoms with E-state index >= 15 is 0 Å². The monoisotopic (exact) mass is 262 g/mol. The summed E-state index contributed by atoms with van der Waals surface area (Å²) in [7, 11) is 4.08. The minimum atomic E-state index is 0.165. The molecule has 0 aromatic heterocycles. The molecule has 0 heterocycles. The Morgan fingerprint density at radius 3 is 2.58 bits per heavy atom. The molecular weight excluding hydrogens is 236 g/mol. The van der Waals surface area contributed by atoms with Crippen molar-refractivity contribution >= 4 is 5.69 Å². The topological polar surface area (TPSA) is 38.5 Å². The maximum Gasteiger partial charge on any atom is 0.121 e. The molecule has 1 aromatic carbocycles. The van der Waals surface area contributed by atoms with E-state index in [0.29, 0.717) is 0 Å². The third-order valence-corrected chi connectivity index (χ3v) is 3.88. The summed E-state index contributed by atoms with van der Waals surface area (Å²) in [5.41, 5.74) is 7.42. The van der Waals surface area contributed by atoms with Gasteiger partial charge in [0.1, 0.15) is 11.9 Å². The van der Waals surface area contributed by atoms with Crippen LogP contribution >= 0.6 is 0 Å². The molecule has 3 heteroatoms. The van der Waals surface area contributed by atoms with Crippen molar-refractivity contribution in [3.8, 4) is 5.75 Å². The molecule has 1 aliphatic rings. The number of ether oxygens (including phenoxy) is 1. The van der Waals surface area contributed by atoms with Crippen LogP contribution in [0.1, 0.15) is 38.5 Å². The summed E-state index contributed by atoms with van der Waals surface area (Å²) in [6, 6.07) is 8.41. The van der Waals surface area contributed by atoms with E-state index in [1.54, 1.807) is 0 Å². The highest BCUT2D eigenvalue weighted by Crippen LogP contribution is 2.24. The van der Waals surface area contributed by atoms with Crippen LogP contribution in [0.5, 0.6) is 5.75 Å². The van der Waals surface area contributed by atoms with Crippen LogP contribution in [0, 0.1) is 0 Å². The number of benzene rings is 1. The van der Waals surface area contributed by atoms with Crippen LogP contribution in [0.25, 0.3) is 0 Å². The largest absolute Gasteiger partial charge is 0.489 e. The van der Waals surface area contributed by atoms with Crippen molar-refractivity contribution in [1.82, 2.24) is 0 Å². The van der Waals surface area contributed by atoms with Gasteiger partial charge in [0.05, 0.1) is 0 Å². The maximum atomic E-state index is 6.26. The van der Waals surface area contributed by atoms with Crippen molar-refractivity contribution < 1.29 is 4.74 Å². The SMILES string of the molecule is CN(C)c1cccc(OC2CCCCCCC2N)c1. The van der Waals surface area contributed by atoms with Crippen LogP contribution in [-0.2, 0) is 0 Å².